The molecule has 1 aromatic rings. The Labute approximate surface area is 103 Å². The third kappa shape index (κ3) is 4.43. The van der Waals surface area contributed by atoms with E-state index < -0.39 is 5.97 Å². The Balaban J connectivity index is 2.71. The number of hydrogen-bond donors (Lipinski definition) is 1. The van der Waals surface area contributed by atoms with Crippen LogP contribution >= 0.6 is 0 Å². The van der Waals surface area contributed by atoms with Gasteiger partial charge in [0.25, 0.3) is 0 Å². The number of carbonyl (C=O) groups is 1. The molecule has 1 unspecified atom stereocenters. The van der Waals surface area contributed by atoms with Gasteiger partial charge in [-0.1, -0.05) is 56.7 Å². The number of aliphatic carboxylic acids is 1. The number of unbranched alkanes of at least 4 members (excludes halogenated alkanes) is 1. The summed E-state index contributed by atoms with van der Waals surface area (Å²) >= 11 is 0. The fourth-order valence-electron chi connectivity index (χ4n) is 1.89. The van der Waals surface area contributed by atoms with Crippen molar-refractivity contribution in [3.8, 4) is 0 Å². The molecule has 1 aromatic carbocycles. The maximum Gasteiger partial charge on any atom is 0.306 e. The van der Waals surface area contributed by atoms with Gasteiger partial charge in [0, 0.05) is 0 Å². The Kier molecular flexibility index (Phi) is 5.47. The average molecular weight is 232 g/mol. The van der Waals surface area contributed by atoms with Crippen LogP contribution in [0.2, 0.25) is 0 Å². The molecule has 0 saturated heterocycles. The summed E-state index contributed by atoms with van der Waals surface area (Å²) in [6.07, 6.45) is 5.15. The Bertz CT molecular complexity index is 382. The Morgan fingerprint density at radius 2 is 2.29 bits per heavy atom. The molecule has 1 atom stereocenters. The van der Waals surface area contributed by atoms with Gasteiger partial charge in [0.05, 0.1) is 5.92 Å². The van der Waals surface area contributed by atoms with Gasteiger partial charge in [-0.25, -0.2) is 0 Å². The highest BCUT2D eigenvalue weighted by molar-refractivity contribution is 5.70. The second-order valence-electron chi connectivity index (χ2n) is 4.33. The minimum atomic E-state index is -0.692. The zero-order valence-electron chi connectivity index (χ0n) is 10.4. The molecular formula is C15H20O2. The first-order valence-corrected chi connectivity index (χ1v) is 6.11. The predicted octanol–water partition coefficient (Wildman–Crippen LogP) is 3.76. The summed E-state index contributed by atoms with van der Waals surface area (Å²) in [7, 11) is 0. The van der Waals surface area contributed by atoms with Crippen LogP contribution in [0.25, 0.3) is 6.08 Å². The smallest absolute Gasteiger partial charge is 0.306 e. The molecule has 2 nitrogen and oxygen atoms in total. The van der Waals surface area contributed by atoms with Crippen LogP contribution in [0.3, 0.4) is 0 Å². The molecular weight excluding hydrogens is 212 g/mol. The molecule has 0 spiro atoms. The molecule has 0 bridgehead atoms. The maximum absolute atomic E-state index is 11.1. The van der Waals surface area contributed by atoms with Crippen molar-refractivity contribution in [1.82, 2.24) is 0 Å². The third-order valence-electron chi connectivity index (χ3n) is 2.92. The van der Waals surface area contributed by atoms with Crippen LogP contribution in [-0.2, 0) is 11.2 Å². The van der Waals surface area contributed by atoms with Crippen LogP contribution < -0.4 is 0 Å². The zero-order chi connectivity index (χ0) is 12.7. The topological polar surface area (TPSA) is 37.3 Å². The van der Waals surface area contributed by atoms with Crippen molar-refractivity contribution in [2.75, 3.05) is 0 Å². The van der Waals surface area contributed by atoms with Crippen molar-refractivity contribution in [3.05, 3.63) is 42.0 Å². The van der Waals surface area contributed by atoms with Gasteiger partial charge < -0.3 is 5.11 Å². The lowest BCUT2D eigenvalue weighted by Crippen LogP contribution is -2.16. The van der Waals surface area contributed by atoms with Crippen LogP contribution in [-0.4, -0.2) is 11.1 Å². The van der Waals surface area contributed by atoms with Crippen molar-refractivity contribution in [2.45, 2.75) is 32.6 Å². The van der Waals surface area contributed by atoms with E-state index in [2.05, 4.69) is 13.5 Å². The lowest BCUT2D eigenvalue weighted by Gasteiger charge is -2.12. The summed E-state index contributed by atoms with van der Waals surface area (Å²) in [5.41, 5.74) is 2.12. The predicted molar refractivity (Wildman–Crippen MR) is 70.9 cm³/mol. The standard InChI is InChI=1S/C15H20O2/c1-3-5-9-14(15(16)17)11-13-8-6-7-12(4-2)10-13/h4,6-8,10,14H,2-3,5,9,11H2,1H3,(H,16,17). The molecule has 0 radical (unpaired) electrons. The average Bonchev–Trinajstić information content (AvgIpc) is 2.34. The molecule has 0 saturated carbocycles. The molecule has 0 heterocycles. The van der Waals surface area contributed by atoms with Gasteiger partial charge in [-0.2, -0.15) is 0 Å². The van der Waals surface area contributed by atoms with Crippen molar-refractivity contribution in [3.63, 3.8) is 0 Å². The van der Waals surface area contributed by atoms with Crippen LogP contribution in [0, 0.1) is 5.92 Å². The van der Waals surface area contributed by atoms with Crippen LogP contribution in [0.4, 0.5) is 0 Å². The van der Waals surface area contributed by atoms with Crippen molar-refractivity contribution >= 4 is 12.0 Å². The van der Waals surface area contributed by atoms with Crippen LogP contribution in [0.1, 0.15) is 37.3 Å². The van der Waals surface area contributed by atoms with Crippen molar-refractivity contribution in [2.24, 2.45) is 5.92 Å². The highest BCUT2D eigenvalue weighted by Gasteiger charge is 2.17. The monoisotopic (exact) mass is 232 g/mol. The zero-order valence-corrected chi connectivity index (χ0v) is 10.4. The van der Waals surface area contributed by atoms with Crippen molar-refractivity contribution in [1.29, 1.82) is 0 Å². The first-order chi connectivity index (χ1) is 8.17. The molecule has 17 heavy (non-hydrogen) atoms. The minimum Gasteiger partial charge on any atom is -0.481 e. The molecule has 0 aliphatic carbocycles. The minimum absolute atomic E-state index is 0.269. The maximum atomic E-state index is 11.1. The van der Waals surface area contributed by atoms with E-state index in [0.717, 1.165) is 30.4 Å². The van der Waals surface area contributed by atoms with Gasteiger partial charge in [-0.05, 0) is 24.0 Å². The normalized spacial score (nSPS) is 12.1. The third-order valence-corrected chi connectivity index (χ3v) is 2.92. The van der Waals surface area contributed by atoms with Gasteiger partial charge in [0.1, 0.15) is 0 Å². The summed E-state index contributed by atoms with van der Waals surface area (Å²) in [5, 5.41) is 9.17. The lowest BCUT2D eigenvalue weighted by atomic mass is 9.93. The molecule has 0 aliphatic heterocycles. The second kappa shape index (κ2) is 6.89. The van der Waals surface area contributed by atoms with Gasteiger partial charge in [-0.3, -0.25) is 4.79 Å². The van der Waals surface area contributed by atoms with E-state index >= 15 is 0 Å². The SMILES string of the molecule is C=Cc1cccc(CC(CCCC)C(=O)O)c1. The summed E-state index contributed by atoms with van der Waals surface area (Å²) in [6.45, 7) is 5.80. The van der Waals surface area contributed by atoms with Gasteiger partial charge >= 0.3 is 5.97 Å². The molecule has 0 aliphatic rings. The lowest BCUT2D eigenvalue weighted by molar-refractivity contribution is -0.141. The Morgan fingerprint density at radius 3 is 2.88 bits per heavy atom. The quantitative estimate of drug-likeness (QED) is 0.777. The molecule has 92 valence electrons. The molecule has 1 rings (SSSR count). The van der Waals surface area contributed by atoms with E-state index in [-0.39, 0.29) is 5.92 Å². The number of carboxylic acid groups (broad SMARTS) is 1. The summed E-state index contributed by atoms with van der Waals surface area (Å²) in [5.74, 6) is -0.961. The summed E-state index contributed by atoms with van der Waals surface area (Å²) in [6, 6.07) is 7.91. The molecule has 1 N–H and O–H groups in total. The first kappa shape index (κ1) is 13.5. The van der Waals surface area contributed by atoms with E-state index in [1.54, 1.807) is 6.08 Å². The van der Waals surface area contributed by atoms with Gasteiger partial charge in [-0.15, -0.1) is 0 Å². The molecule has 2 heteroatoms. The number of rotatable bonds is 7. The molecule has 0 amide bonds. The van der Waals surface area contributed by atoms with E-state index in [4.69, 9.17) is 5.11 Å². The van der Waals surface area contributed by atoms with Gasteiger partial charge in [0.15, 0.2) is 0 Å². The number of carboxylic acids is 1. The fourth-order valence-corrected chi connectivity index (χ4v) is 1.89. The Morgan fingerprint density at radius 1 is 1.53 bits per heavy atom. The largest absolute Gasteiger partial charge is 0.481 e. The number of benzene rings is 1. The van der Waals surface area contributed by atoms with E-state index in [9.17, 15) is 4.79 Å². The summed E-state index contributed by atoms with van der Waals surface area (Å²) in [4.78, 5) is 11.1. The fraction of sp³-hybridized carbons (Fsp3) is 0.400. The molecule has 0 aromatic heterocycles. The van der Waals surface area contributed by atoms with Crippen molar-refractivity contribution < 1.29 is 9.90 Å². The second-order valence-corrected chi connectivity index (χ2v) is 4.33. The van der Waals surface area contributed by atoms with E-state index in [1.165, 1.54) is 0 Å². The number of hydrogen-bond acceptors (Lipinski definition) is 1. The molecule has 0 fully saturated rings. The van der Waals surface area contributed by atoms with Gasteiger partial charge in [0.2, 0.25) is 0 Å². The van der Waals surface area contributed by atoms with E-state index in [0.29, 0.717) is 6.42 Å². The van der Waals surface area contributed by atoms with Crippen LogP contribution in [0.15, 0.2) is 30.8 Å². The van der Waals surface area contributed by atoms with E-state index in [1.807, 2.05) is 24.3 Å². The summed E-state index contributed by atoms with van der Waals surface area (Å²) < 4.78 is 0. The highest BCUT2D eigenvalue weighted by atomic mass is 16.4. The Hall–Kier alpha value is -1.57. The highest BCUT2D eigenvalue weighted by Crippen LogP contribution is 2.17. The van der Waals surface area contributed by atoms with Crippen LogP contribution in [0.5, 0.6) is 0 Å². The first-order valence-electron chi connectivity index (χ1n) is 6.11.